The molecule has 0 bridgehead atoms. The van der Waals surface area contributed by atoms with E-state index in [4.69, 9.17) is 15.4 Å². The fraction of sp³-hybridized carbons (Fsp3) is 0.227. The topological polar surface area (TPSA) is 114 Å². The van der Waals surface area contributed by atoms with Crippen LogP contribution in [0.25, 0.3) is 0 Å². The molecule has 1 heterocycles. The van der Waals surface area contributed by atoms with Gasteiger partial charge in [0, 0.05) is 30.2 Å². The fourth-order valence-corrected chi connectivity index (χ4v) is 2.96. The summed E-state index contributed by atoms with van der Waals surface area (Å²) in [6.45, 7) is 2.47. The van der Waals surface area contributed by atoms with Gasteiger partial charge in [0.25, 0.3) is 0 Å². The maximum Gasteiger partial charge on any atom is 0.193 e. The van der Waals surface area contributed by atoms with E-state index >= 15 is 0 Å². The second kappa shape index (κ2) is 9.66. The minimum Gasteiger partial charge on any atom is -0.396 e. The van der Waals surface area contributed by atoms with Crippen molar-refractivity contribution in [3.8, 4) is 0 Å². The molecular formula is C22H24N4O3. The summed E-state index contributed by atoms with van der Waals surface area (Å²) in [4.78, 5) is 16.9. The molecule has 1 atom stereocenters. The molecule has 0 amide bonds. The van der Waals surface area contributed by atoms with Crippen LogP contribution in [0, 0.1) is 0 Å². The molecule has 0 saturated carbocycles. The summed E-state index contributed by atoms with van der Waals surface area (Å²) in [7, 11) is 0. The molecule has 4 N–H and O–H groups in total. The Morgan fingerprint density at radius 3 is 2.72 bits per heavy atom. The van der Waals surface area contributed by atoms with Crippen molar-refractivity contribution in [1.29, 1.82) is 0 Å². The van der Waals surface area contributed by atoms with Crippen molar-refractivity contribution in [2.24, 2.45) is 10.7 Å². The molecule has 0 aliphatic rings. The Morgan fingerprint density at radius 1 is 1.21 bits per heavy atom. The van der Waals surface area contributed by atoms with Crippen molar-refractivity contribution in [2.45, 2.75) is 19.3 Å². The number of hydrogen-bond acceptors (Lipinski definition) is 5. The molecule has 0 fully saturated rings. The van der Waals surface area contributed by atoms with Crippen molar-refractivity contribution in [3.05, 3.63) is 83.2 Å². The van der Waals surface area contributed by atoms with Gasteiger partial charge in [0.2, 0.25) is 0 Å². The van der Waals surface area contributed by atoms with Gasteiger partial charge in [-0.1, -0.05) is 60.6 Å². The zero-order valence-electron chi connectivity index (χ0n) is 16.2. The first kappa shape index (κ1) is 20.3. The number of aromatic nitrogens is 1. The summed E-state index contributed by atoms with van der Waals surface area (Å²) in [6, 6.07) is 16.7. The monoisotopic (exact) mass is 392 g/mol. The van der Waals surface area contributed by atoms with Crippen LogP contribution in [0.2, 0.25) is 0 Å². The average Bonchev–Trinajstić information content (AvgIpc) is 3.21. The molecule has 1 unspecified atom stereocenters. The van der Waals surface area contributed by atoms with E-state index in [0.29, 0.717) is 35.5 Å². The number of nitrogens with one attached hydrogen (secondary N) is 1. The average molecular weight is 392 g/mol. The van der Waals surface area contributed by atoms with E-state index in [1.807, 2.05) is 43.3 Å². The van der Waals surface area contributed by atoms with Crippen molar-refractivity contribution in [2.75, 3.05) is 18.5 Å². The van der Waals surface area contributed by atoms with Crippen LogP contribution < -0.4 is 11.1 Å². The summed E-state index contributed by atoms with van der Waals surface area (Å²) in [5.74, 6) is 0.0616. The Kier molecular flexibility index (Phi) is 6.76. The van der Waals surface area contributed by atoms with Crippen molar-refractivity contribution < 1.29 is 14.4 Å². The molecule has 0 aliphatic heterocycles. The summed E-state index contributed by atoms with van der Waals surface area (Å²) in [5.41, 5.74) is 9.35. The molecule has 0 aliphatic carbocycles. The number of aliphatic imine (C=N–C) groups is 1. The maximum absolute atomic E-state index is 12.7. The minimum atomic E-state index is -0.134. The number of aliphatic hydroxyl groups excluding tert-OH is 1. The number of carbonyl (C=O) groups excluding carboxylic acids is 1. The quantitative estimate of drug-likeness (QED) is 0.235. The highest BCUT2D eigenvalue weighted by molar-refractivity contribution is 6.09. The van der Waals surface area contributed by atoms with Crippen molar-refractivity contribution in [3.63, 3.8) is 0 Å². The number of nitrogens with two attached hydrogens (primary N) is 1. The van der Waals surface area contributed by atoms with Crippen LogP contribution in [-0.2, 0) is 0 Å². The molecule has 150 valence electrons. The lowest BCUT2D eigenvalue weighted by Crippen LogP contribution is -2.23. The highest BCUT2D eigenvalue weighted by atomic mass is 16.5. The molecule has 29 heavy (non-hydrogen) atoms. The normalized spacial score (nSPS) is 12.6. The number of anilines is 1. The van der Waals surface area contributed by atoms with Crippen LogP contribution >= 0.6 is 0 Å². The maximum atomic E-state index is 12.7. The second-order valence-electron chi connectivity index (χ2n) is 6.62. The van der Waals surface area contributed by atoms with Gasteiger partial charge in [0.15, 0.2) is 11.7 Å². The SMILES string of the molecule is CC(c1cccc(C(=O)c2ccccc2)c1)c1nocc1NC(N)=NCCCO. The number of benzene rings is 2. The van der Waals surface area contributed by atoms with Gasteiger partial charge >= 0.3 is 0 Å². The van der Waals surface area contributed by atoms with Gasteiger partial charge in [-0.05, 0) is 18.1 Å². The van der Waals surface area contributed by atoms with Gasteiger partial charge in [0.05, 0.1) is 0 Å². The lowest BCUT2D eigenvalue weighted by molar-refractivity contribution is 0.103. The van der Waals surface area contributed by atoms with Crippen molar-refractivity contribution >= 4 is 17.4 Å². The number of hydrogen-bond donors (Lipinski definition) is 3. The Hall–Kier alpha value is -3.45. The zero-order valence-corrected chi connectivity index (χ0v) is 16.2. The lowest BCUT2D eigenvalue weighted by atomic mass is 9.93. The Morgan fingerprint density at radius 2 is 1.97 bits per heavy atom. The van der Waals surface area contributed by atoms with Gasteiger partial charge in [-0.2, -0.15) is 0 Å². The van der Waals surface area contributed by atoms with Gasteiger partial charge in [-0.3, -0.25) is 9.79 Å². The van der Waals surface area contributed by atoms with E-state index in [0.717, 1.165) is 5.56 Å². The third-order valence-electron chi connectivity index (χ3n) is 4.55. The van der Waals surface area contributed by atoms with E-state index in [2.05, 4.69) is 15.5 Å². The van der Waals surface area contributed by atoms with Gasteiger partial charge in [-0.15, -0.1) is 0 Å². The van der Waals surface area contributed by atoms with E-state index in [1.54, 1.807) is 18.2 Å². The molecule has 0 radical (unpaired) electrons. The number of ketones is 1. The second-order valence-corrected chi connectivity index (χ2v) is 6.62. The summed E-state index contributed by atoms with van der Waals surface area (Å²) < 4.78 is 5.13. The first-order chi connectivity index (χ1) is 14.1. The molecule has 2 aromatic carbocycles. The number of guanidine groups is 1. The van der Waals surface area contributed by atoms with Crippen LogP contribution in [0.4, 0.5) is 5.69 Å². The Labute approximate surface area is 169 Å². The minimum absolute atomic E-state index is 0.0292. The zero-order chi connectivity index (χ0) is 20.6. The number of nitrogens with zero attached hydrogens (tertiary/aromatic N) is 2. The number of aliphatic hydroxyl groups is 1. The van der Waals surface area contributed by atoms with E-state index < -0.39 is 0 Å². The third kappa shape index (κ3) is 5.08. The Bertz CT molecular complexity index is 982. The molecule has 3 rings (SSSR count). The molecule has 7 nitrogen and oxygen atoms in total. The predicted molar refractivity (Wildman–Crippen MR) is 112 cm³/mol. The van der Waals surface area contributed by atoms with Gasteiger partial charge < -0.3 is 20.7 Å². The molecule has 3 aromatic rings. The first-order valence-corrected chi connectivity index (χ1v) is 9.42. The van der Waals surface area contributed by atoms with Crippen LogP contribution in [0.5, 0.6) is 0 Å². The third-order valence-corrected chi connectivity index (χ3v) is 4.55. The van der Waals surface area contributed by atoms with Crippen molar-refractivity contribution in [1.82, 2.24) is 5.16 Å². The fourth-order valence-electron chi connectivity index (χ4n) is 2.96. The summed E-state index contributed by atoms with van der Waals surface area (Å²) in [5, 5.41) is 15.9. The highest BCUT2D eigenvalue weighted by Gasteiger charge is 2.19. The largest absolute Gasteiger partial charge is 0.396 e. The number of rotatable bonds is 8. The lowest BCUT2D eigenvalue weighted by Gasteiger charge is -2.13. The highest BCUT2D eigenvalue weighted by Crippen LogP contribution is 2.29. The van der Waals surface area contributed by atoms with E-state index in [9.17, 15) is 4.79 Å². The summed E-state index contributed by atoms with van der Waals surface area (Å²) in [6.07, 6.45) is 2.01. The standard InChI is InChI=1S/C22H24N4O3/c1-15(20-19(14-29-26-20)25-22(23)24-11-6-12-27)17-9-5-10-18(13-17)21(28)16-7-3-2-4-8-16/h2-5,7-10,13-15,27H,6,11-12H2,1H3,(H3,23,24,25). The van der Waals surface area contributed by atoms with Gasteiger partial charge in [-0.25, -0.2) is 0 Å². The molecule has 7 heteroatoms. The molecular weight excluding hydrogens is 368 g/mol. The van der Waals surface area contributed by atoms with E-state index in [1.165, 1.54) is 6.26 Å². The smallest absolute Gasteiger partial charge is 0.193 e. The van der Waals surface area contributed by atoms with Crippen LogP contribution in [0.1, 0.15) is 46.4 Å². The predicted octanol–water partition coefficient (Wildman–Crippen LogP) is 3.17. The van der Waals surface area contributed by atoms with Gasteiger partial charge in [0.1, 0.15) is 17.6 Å². The molecule has 1 aromatic heterocycles. The molecule has 0 saturated heterocycles. The Balaban J connectivity index is 1.80. The van der Waals surface area contributed by atoms with Crippen LogP contribution in [0.15, 0.2) is 70.4 Å². The number of carbonyl (C=O) groups is 1. The first-order valence-electron chi connectivity index (χ1n) is 9.42. The summed E-state index contributed by atoms with van der Waals surface area (Å²) >= 11 is 0. The van der Waals surface area contributed by atoms with Crippen LogP contribution in [0.3, 0.4) is 0 Å². The van der Waals surface area contributed by atoms with E-state index in [-0.39, 0.29) is 24.3 Å². The molecule has 0 spiro atoms. The van der Waals surface area contributed by atoms with Crippen LogP contribution in [-0.4, -0.2) is 35.2 Å².